The van der Waals surface area contributed by atoms with Gasteiger partial charge >= 0.3 is 34.7 Å². The molecule has 0 aromatic carbocycles. The van der Waals surface area contributed by atoms with Crippen LogP contribution in [0, 0.1) is 0 Å². The molecule has 8 nitrogen and oxygen atoms in total. The van der Waals surface area contributed by atoms with Gasteiger partial charge in [0.1, 0.15) is 24.0 Å². The summed E-state index contributed by atoms with van der Waals surface area (Å²) in [4.78, 5) is 8.32. The van der Waals surface area contributed by atoms with Crippen molar-refractivity contribution in [3.8, 4) is 23.0 Å². The van der Waals surface area contributed by atoms with Crippen molar-refractivity contribution >= 4 is 19.3 Å². The van der Waals surface area contributed by atoms with Crippen LogP contribution < -0.4 is 0 Å². The van der Waals surface area contributed by atoms with E-state index in [1.54, 1.807) is 25.0 Å². The second-order valence-electron chi connectivity index (χ2n) is 5.01. The molecule has 11 heteroatoms. The Morgan fingerprint density at radius 1 is 0.741 bits per heavy atom. The van der Waals surface area contributed by atoms with E-state index in [2.05, 4.69) is 30.4 Å². The fourth-order valence-corrected chi connectivity index (χ4v) is 2.02. The second-order valence-corrected chi connectivity index (χ2v) is 8.68. The molecule has 0 N–H and O–H groups in total. The molecule has 0 aliphatic rings. The number of halogens is 2. The zero-order valence-electron chi connectivity index (χ0n) is 14.5. The van der Waals surface area contributed by atoms with Crippen molar-refractivity contribution in [3.63, 3.8) is 0 Å². The Kier molecular flexibility index (Phi) is 8.99. The van der Waals surface area contributed by atoms with Gasteiger partial charge in [0.15, 0.2) is 11.6 Å². The van der Waals surface area contributed by atoms with Gasteiger partial charge in [-0.05, 0) is 24.3 Å². The Balaban J connectivity index is 0.000000170. The van der Waals surface area contributed by atoms with Crippen LogP contribution in [-0.4, -0.2) is 39.5 Å². The summed E-state index contributed by atoms with van der Waals surface area (Å²) < 4.78 is 3.67. The Hall–Kier alpha value is -2.20. The SMILES string of the molecule is Cn1cnnc1-c1ccccn1.Cn1cnnc1-c1ccccn1.[Cl][Os][Cl]. The molecule has 0 aliphatic carbocycles. The molecule has 0 amide bonds. The predicted octanol–water partition coefficient (Wildman–Crippen LogP) is 3.13. The first kappa shape index (κ1) is 21.1. The third-order valence-corrected chi connectivity index (χ3v) is 3.21. The fraction of sp³-hybridized carbons (Fsp3) is 0.125. The molecule has 4 heterocycles. The van der Waals surface area contributed by atoms with Crippen LogP contribution in [0.1, 0.15) is 0 Å². The minimum atomic E-state index is -0.639. The number of hydrogen-bond donors (Lipinski definition) is 0. The molecule has 0 aliphatic heterocycles. The number of aryl methyl sites for hydroxylation is 2. The zero-order valence-corrected chi connectivity index (χ0v) is 18.5. The summed E-state index contributed by atoms with van der Waals surface area (Å²) in [6, 6.07) is 11.4. The maximum absolute atomic E-state index is 4.90. The van der Waals surface area contributed by atoms with Crippen LogP contribution in [0.15, 0.2) is 61.4 Å². The molecule has 0 saturated heterocycles. The van der Waals surface area contributed by atoms with Crippen LogP contribution in [0.2, 0.25) is 0 Å². The molecule has 0 radical (unpaired) electrons. The maximum atomic E-state index is 4.90. The number of pyridine rings is 2. The quantitative estimate of drug-likeness (QED) is 0.362. The van der Waals surface area contributed by atoms with Crippen molar-refractivity contribution in [2.45, 2.75) is 0 Å². The van der Waals surface area contributed by atoms with Gasteiger partial charge in [0.25, 0.3) is 0 Å². The summed E-state index contributed by atoms with van der Waals surface area (Å²) in [6.07, 6.45) is 6.79. The van der Waals surface area contributed by atoms with Gasteiger partial charge in [-0.3, -0.25) is 9.97 Å². The van der Waals surface area contributed by atoms with Crippen molar-refractivity contribution in [2.75, 3.05) is 0 Å². The first-order chi connectivity index (χ1) is 13.2. The number of nitrogens with zero attached hydrogens (tertiary/aromatic N) is 8. The summed E-state index contributed by atoms with van der Waals surface area (Å²) in [5, 5.41) is 15.4. The normalized spacial score (nSPS) is 9.78. The van der Waals surface area contributed by atoms with Crippen LogP contribution in [0.25, 0.3) is 23.0 Å². The molecule has 0 fully saturated rings. The molecule has 4 rings (SSSR count). The molecule has 0 spiro atoms. The van der Waals surface area contributed by atoms with E-state index in [-0.39, 0.29) is 0 Å². The van der Waals surface area contributed by atoms with E-state index in [0.29, 0.717) is 0 Å². The summed E-state index contributed by atoms with van der Waals surface area (Å²) in [6.45, 7) is 0. The Labute approximate surface area is 172 Å². The van der Waals surface area contributed by atoms with E-state index in [9.17, 15) is 0 Å². The van der Waals surface area contributed by atoms with E-state index in [0.717, 1.165) is 23.0 Å². The van der Waals surface area contributed by atoms with Gasteiger partial charge < -0.3 is 9.13 Å². The van der Waals surface area contributed by atoms with Crippen molar-refractivity contribution in [3.05, 3.63) is 61.4 Å². The molecule has 142 valence electrons. The predicted molar refractivity (Wildman–Crippen MR) is 100 cm³/mol. The molecule has 0 saturated carbocycles. The van der Waals surface area contributed by atoms with E-state index >= 15 is 0 Å². The first-order valence-corrected chi connectivity index (χ1v) is 13.8. The molecular weight excluding hydrogens is 565 g/mol. The van der Waals surface area contributed by atoms with Crippen molar-refractivity contribution in [1.29, 1.82) is 0 Å². The van der Waals surface area contributed by atoms with Crippen molar-refractivity contribution in [1.82, 2.24) is 39.5 Å². The van der Waals surface area contributed by atoms with Gasteiger partial charge in [-0.15, -0.1) is 20.4 Å². The summed E-state index contributed by atoms with van der Waals surface area (Å²) in [7, 11) is 13.6. The van der Waals surface area contributed by atoms with Crippen LogP contribution in [0.5, 0.6) is 0 Å². The minimum absolute atomic E-state index is 0.639. The molecule has 4 aromatic rings. The van der Waals surface area contributed by atoms with Gasteiger partial charge in [0.05, 0.1) is 0 Å². The molecule has 4 aromatic heterocycles. The van der Waals surface area contributed by atoms with Crippen LogP contribution in [0.3, 0.4) is 0 Å². The monoisotopic (exact) mass is 582 g/mol. The molecule has 0 atom stereocenters. The van der Waals surface area contributed by atoms with Crippen molar-refractivity contribution < 1.29 is 15.4 Å². The van der Waals surface area contributed by atoms with Gasteiger partial charge in [-0.2, -0.15) is 0 Å². The summed E-state index contributed by atoms with van der Waals surface area (Å²) in [5.41, 5.74) is 1.69. The topological polar surface area (TPSA) is 87.2 Å². The van der Waals surface area contributed by atoms with E-state index in [1.165, 1.54) is 0 Å². The van der Waals surface area contributed by atoms with Gasteiger partial charge in [-0.1, -0.05) is 12.1 Å². The third-order valence-electron chi connectivity index (χ3n) is 3.21. The van der Waals surface area contributed by atoms with E-state index < -0.39 is 15.4 Å². The molecule has 0 bridgehead atoms. The Morgan fingerprint density at radius 2 is 1.15 bits per heavy atom. The standard InChI is InChI=1S/2C8H8N4.2ClH.Os/c2*1-12-6-10-11-8(12)7-4-2-3-5-9-7;;;/h2*2-6H,1H3;2*1H;/q;;;;+2/p-2. The van der Waals surface area contributed by atoms with Crippen LogP contribution in [0.4, 0.5) is 0 Å². The molecule has 27 heavy (non-hydrogen) atoms. The zero-order chi connectivity index (χ0) is 19.5. The van der Waals surface area contributed by atoms with Gasteiger partial charge in [-0.25, -0.2) is 0 Å². The Bertz CT molecular complexity index is 839. The summed E-state index contributed by atoms with van der Waals surface area (Å²) >= 11 is -0.639. The second kappa shape index (κ2) is 11.5. The summed E-state index contributed by atoms with van der Waals surface area (Å²) in [5.74, 6) is 1.58. The first-order valence-electron chi connectivity index (χ1n) is 7.53. The van der Waals surface area contributed by atoms with Crippen LogP contribution in [-0.2, 0) is 29.5 Å². The molecule has 0 unspecified atom stereocenters. The number of aromatic nitrogens is 8. The number of rotatable bonds is 2. The average molecular weight is 581 g/mol. The van der Waals surface area contributed by atoms with E-state index in [4.69, 9.17) is 19.3 Å². The van der Waals surface area contributed by atoms with E-state index in [1.807, 2.05) is 59.6 Å². The molecular formula is C16H16Cl2N8Os. The Morgan fingerprint density at radius 3 is 1.41 bits per heavy atom. The number of hydrogen-bond acceptors (Lipinski definition) is 6. The fourth-order valence-electron chi connectivity index (χ4n) is 2.02. The van der Waals surface area contributed by atoms with Gasteiger partial charge in [0, 0.05) is 26.5 Å². The van der Waals surface area contributed by atoms with Crippen LogP contribution >= 0.6 is 19.3 Å². The third kappa shape index (κ3) is 6.47. The average Bonchev–Trinajstić information content (AvgIpc) is 3.32. The van der Waals surface area contributed by atoms with Gasteiger partial charge in [0.2, 0.25) is 0 Å². The van der Waals surface area contributed by atoms with Crippen molar-refractivity contribution in [2.24, 2.45) is 14.1 Å².